The minimum absolute atomic E-state index is 0.00939. The molecular weight excluding hydrogens is 777 g/mol. The lowest BCUT2D eigenvalue weighted by molar-refractivity contribution is -0.0520. The van der Waals surface area contributed by atoms with E-state index < -0.39 is 60.6 Å². The summed E-state index contributed by atoms with van der Waals surface area (Å²) in [5.41, 5.74) is 7.31. The first kappa shape index (κ1) is 41.4. The van der Waals surface area contributed by atoms with Crippen LogP contribution in [-0.2, 0) is 42.7 Å². The van der Waals surface area contributed by atoms with Crippen LogP contribution in [0.15, 0.2) is 61.2 Å². The van der Waals surface area contributed by atoms with E-state index in [1.54, 1.807) is 36.4 Å². The van der Waals surface area contributed by atoms with Gasteiger partial charge in [-0.3, -0.25) is 13.9 Å². The second-order valence-electron chi connectivity index (χ2n) is 11.7. The van der Waals surface area contributed by atoms with Crippen LogP contribution >= 0.6 is 23.5 Å². The van der Waals surface area contributed by atoms with Crippen LogP contribution in [0, 0.1) is 0 Å². The van der Waals surface area contributed by atoms with Gasteiger partial charge in [-0.1, -0.05) is 50.2 Å². The number of hydrogen-bond acceptors (Lipinski definition) is 16. The highest BCUT2D eigenvalue weighted by atomic mass is 31.3. The number of ketones is 1. The lowest BCUT2D eigenvalue weighted by atomic mass is 9.96. The molecule has 54 heavy (non-hydrogen) atoms. The Morgan fingerprint density at radius 3 is 2.31 bits per heavy atom. The minimum atomic E-state index is -5.87. The van der Waals surface area contributed by atoms with E-state index in [4.69, 9.17) is 29.5 Å². The van der Waals surface area contributed by atoms with Crippen LogP contribution in [0.4, 0.5) is 5.82 Å². The molecule has 0 bridgehead atoms. The van der Waals surface area contributed by atoms with Gasteiger partial charge in [0.1, 0.15) is 24.1 Å². The Morgan fingerprint density at radius 2 is 1.65 bits per heavy atom. The molecule has 1 saturated heterocycles. The van der Waals surface area contributed by atoms with Crippen molar-refractivity contribution >= 4 is 52.2 Å². The van der Waals surface area contributed by atoms with E-state index in [0.717, 1.165) is 6.33 Å². The molecule has 1 fully saturated rings. The molecule has 1 aliphatic heterocycles. The molecule has 0 spiro atoms. The number of ether oxygens (including phenoxy) is 2. The number of esters is 1. The second-order valence-corrected chi connectivity index (χ2v) is 16.2. The van der Waals surface area contributed by atoms with Gasteiger partial charge in [0.2, 0.25) is 0 Å². The largest absolute Gasteiger partial charge is 0.490 e. The Bertz CT molecular complexity index is 2130. The predicted molar refractivity (Wildman–Crippen MR) is 186 cm³/mol. The van der Waals surface area contributed by atoms with E-state index in [1.165, 1.54) is 23.0 Å². The van der Waals surface area contributed by atoms with Crippen molar-refractivity contribution in [2.75, 3.05) is 32.0 Å². The first-order valence-corrected chi connectivity index (χ1v) is 20.6. The minimum Gasteiger partial charge on any atom is -0.453 e. The molecule has 2 aromatic heterocycles. The number of nitrogen functional groups attached to an aromatic ring is 1. The van der Waals surface area contributed by atoms with E-state index >= 15 is 0 Å². The number of nitrogens with zero attached hydrogens (tertiary/aromatic N) is 5. The molecule has 4 aromatic rings. The van der Waals surface area contributed by atoms with Crippen molar-refractivity contribution in [1.82, 2.24) is 24.4 Å². The number of likely N-dealkylation sites (N-methyl/N-ethyl adjacent to an activating group) is 1. The molecule has 7 N–H and O–H groups in total. The summed E-state index contributed by atoms with van der Waals surface area (Å²) in [5.74, 6) is -1.28. The number of benzene rings is 2. The molecule has 2 unspecified atom stereocenters. The van der Waals surface area contributed by atoms with Crippen molar-refractivity contribution in [3.05, 3.63) is 83.4 Å². The average Bonchev–Trinajstić information content (AvgIpc) is 3.67. The molecule has 0 saturated carbocycles. The van der Waals surface area contributed by atoms with Gasteiger partial charge in [0.25, 0.3) is 0 Å². The summed E-state index contributed by atoms with van der Waals surface area (Å²) in [5, 5.41) is 11.5. The van der Waals surface area contributed by atoms with Crippen molar-refractivity contribution in [2.45, 2.75) is 44.8 Å². The zero-order valence-corrected chi connectivity index (χ0v) is 31.3. The second kappa shape index (κ2) is 16.9. The standard InChI is InChI=1S/C30H37N6O15P3/c1-3-35(4-2)13-12-19-14-20(24(37)18-8-6-5-7-9-18)10-11-21(19)30(39)49-26-22(15-47-53(43,44)51-54(45,46)50-52(40,41)42)48-29(25(26)38)36-17-34-23-27(31)32-16-33-28(23)36/h5-11,14,16-17,22,25-26,29,38H,3-4,12-13,15H2,1-2H3,(H,43,44)(H,45,46)(H2,31,32,33)(H2,40,41,42)/t22-,25-,26-,29-/m1/s1. The van der Waals surface area contributed by atoms with Crippen molar-refractivity contribution in [3.63, 3.8) is 0 Å². The third kappa shape index (κ3) is 10.1. The molecule has 6 atom stereocenters. The van der Waals surface area contributed by atoms with E-state index in [1.807, 2.05) is 13.8 Å². The van der Waals surface area contributed by atoms with E-state index in [9.17, 15) is 38.2 Å². The fourth-order valence-corrected chi connectivity index (χ4v) is 8.69. The number of nitrogens with two attached hydrogens (primary N) is 1. The molecule has 292 valence electrons. The number of fused-ring (bicyclic) bond motifs is 1. The van der Waals surface area contributed by atoms with Crippen molar-refractivity contribution in [1.29, 1.82) is 0 Å². The highest BCUT2D eigenvalue weighted by Gasteiger charge is 2.50. The molecule has 21 nitrogen and oxygen atoms in total. The number of phosphoric ester groups is 1. The van der Waals surface area contributed by atoms with Gasteiger partial charge in [0.15, 0.2) is 29.6 Å². The Labute approximate surface area is 307 Å². The Hall–Kier alpha value is -3.78. The first-order valence-electron chi connectivity index (χ1n) is 16.1. The molecule has 2 aromatic carbocycles. The smallest absolute Gasteiger partial charge is 0.453 e. The van der Waals surface area contributed by atoms with Crippen LogP contribution < -0.4 is 5.73 Å². The number of aliphatic hydroxyl groups is 1. The number of rotatable bonds is 17. The number of carbonyl (C=O) groups excluding carboxylic acids is 2. The molecule has 3 heterocycles. The van der Waals surface area contributed by atoms with E-state index in [2.05, 4.69) is 28.5 Å². The van der Waals surface area contributed by atoms with Crippen LogP contribution in [0.3, 0.4) is 0 Å². The molecule has 0 aliphatic carbocycles. The fourth-order valence-electron chi connectivity index (χ4n) is 5.66. The number of imidazole rings is 1. The highest BCUT2D eigenvalue weighted by molar-refractivity contribution is 7.66. The summed E-state index contributed by atoms with van der Waals surface area (Å²) >= 11 is 0. The topological polar surface area (TPSA) is 306 Å². The van der Waals surface area contributed by atoms with Crippen LogP contribution in [0.5, 0.6) is 0 Å². The maximum Gasteiger partial charge on any atom is 0.490 e. The molecule has 0 amide bonds. The lowest BCUT2D eigenvalue weighted by Gasteiger charge is -2.23. The normalized spacial score (nSPS) is 21.2. The van der Waals surface area contributed by atoms with E-state index in [-0.39, 0.29) is 28.3 Å². The van der Waals surface area contributed by atoms with Gasteiger partial charge < -0.3 is 44.8 Å². The molecule has 0 radical (unpaired) electrons. The number of hydrogen-bond donors (Lipinski definition) is 6. The predicted octanol–water partition coefficient (Wildman–Crippen LogP) is 2.35. The van der Waals surface area contributed by atoms with Gasteiger partial charge in [-0.05, 0) is 37.2 Å². The summed E-state index contributed by atoms with van der Waals surface area (Å²) < 4.78 is 60.7. The summed E-state index contributed by atoms with van der Waals surface area (Å²) in [6, 6.07) is 13.0. The summed E-state index contributed by atoms with van der Waals surface area (Å²) in [4.78, 5) is 78.8. The molecular formula is C30H37N6O15P3. The van der Waals surface area contributed by atoms with Crippen LogP contribution in [0.2, 0.25) is 0 Å². The fraction of sp³-hybridized carbons (Fsp3) is 0.367. The third-order valence-electron chi connectivity index (χ3n) is 8.25. The third-order valence-corrected chi connectivity index (χ3v) is 12.0. The number of anilines is 1. The van der Waals surface area contributed by atoms with Gasteiger partial charge in [-0.25, -0.2) is 33.4 Å². The van der Waals surface area contributed by atoms with Crippen LogP contribution in [-0.4, -0.2) is 105 Å². The molecule has 24 heteroatoms. The summed E-state index contributed by atoms with van der Waals surface area (Å²) in [6.45, 7) is 4.80. The number of carbonyl (C=O) groups is 2. The average molecular weight is 815 g/mol. The van der Waals surface area contributed by atoms with Gasteiger partial charge in [0, 0.05) is 17.7 Å². The van der Waals surface area contributed by atoms with Gasteiger partial charge >= 0.3 is 29.4 Å². The van der Waals surface area contributed by atoms with Crippen LogP contribution in [0.25, 0.3) is 11.2 Å². The van der Waals surface area contributed by atoms with Crippen molar-refractivity contribution < 1.29 is 70.6 Å². The number of aliphatic hydroxyl groups excluding tert-OH is 1. The summed E-state index contributed by atoms with van der Waals surface area (Å²) in [7, 11) is -17.2. The van der Waals surface area contributed by atoms with Crippen LogP contribution in [0.1, 0.15) is 51.9 Å². The monoisotopic (exact) mass is 814 g/mol. The van der Waals surface area contributed by atoms with E-state index in [0.29, 0.717) is 42.7 Å². The molecule has 1 aliphatic rings. The molecule has 5 rings (SSSR count). The Morgan fingerprint density at radius 1 is 0.944 bits per heavy atom. The zero-order chi connectivity index (χ0) is 39.4. The SMILES string of the molecule is CCN(CC)CCc1cc(C(=O)c2ccccc2)ccc1C(=O)O[C@H]1[C@@H](O)[C@H](n2cnc3c(N)ncnc32)O[C@@H]1COP(=O)(O)OP(=O)(O)OP(=O)(O)O. The maximum atomic E-state index is 13.9. The Balaban J connectivity index is 1.45. The van der Waals surface area contributed by atoms with Gasteiger partial charge in [-0.2, -0.15) is 8.62 Å². The Kier molecular flexibility index (Phi) is 13.0. The first-order chi connectivity index (χ1) is 25.4. The maximum absolute atomic E-state index is 13.9. The lowest BCUT2D eigenvalue weighted by Crippen LogP contribution is -2.38. The number of aromatic nitrogens is 4. The highest BCUT2D eigenvalue weighted by Crippen LogP contribution is 2.66. The summed E-state index contributed by atoms with van der Waals surface area (Å²) in [6.07, 6.45) is -3.89. The number of phosphoric acid groups is 3. The quantitative estimate of drug-likeness (QED) is 0.0506. The van der Waals surface area contributed by atoms with Gasteiger partial charge in [0.05, 0.1) is 18.5 Å². The van der Waals surface area contributed by atoms with Crippen molar-refractivity contribution in [2.24, 2.45) is 0 Å². The van der Waals surface area contributed by atoms with Gasteiger partial charge in [-0.15, -0.1) is 0 Å². The zero-order valence-electron chi connectivity index (χ0n) is 28.6. The van der Waals surface area contributed by atoms with Crippen molar-refractivity contribution in [3.8, 4) is 0 Å².